The first kappa shape index (κ1) is 16.1. The van der Waals surface area contributed by atoms with Gasteiger partial charge in [0.05, 0.1) is 19.7 Å². The molecule has 3 aromatic rings. The zero-order valence-corrected chi connectivity index (χ0v) is 15.3. The van der Waals surface area contributed by atoms with E-state index >= 15 is 0 Å². The molecule has 0 saturated heterocycles. The van der Waals surface area contributed by atoms with E-state index in [2.05, 4.69) is 37.9 Å². The number of methoxy groups -OCH3 is 2. The number of rotatable bonds is 4. The second kappa shape index (κ2) is 6.76. The highest BCUT2D eigenvalue weighted by atomic mass is 127. The monoisotopic (exact) mass is 441 g/mol. The molecule has 0 saturated carbocycles. The third-order valence-corrected chi connectivity index (χ3v) is 4.17. The molecule has 0 fully saturated rings. The molecule has 0 aliphatic carbocycles. The number of benzene rings is 2. The van der Waals surface area contributed by atoms with Gasteiger partial charge in [0, 0.05) is 20.7 Å². The summed E-state index contributed by atoms with van der Waals surface area (Å²) in [6.07, 6.45) is 0. The maximum absolute atomic E-state index is 6.05. The third-order valence-electron chi connectivity index (χ3n) is 3.28. The van der Waals surface area contributed by atoms with Crippen LogP contribution in [-0.4, -0.2) is 24.2 Å². The van der Waals surface area contributed by atoms with Gasteiger partial charge in [0.1, 0.15) is 5.82 Å². The Balaban J connectivity index is 2.13. The molecule has 0 unspecified atom stereocenters. The van der Waals surface area contributed by atoms with Gasteiger partial charge in [-0.2, -0.15) is 4.98 Å². The van der Waals surface area contributed by atoms with E-state index in [0.29, 0.717) is 22.8 Å². The van der Waals surface area contributed by atoms with Crippen molar-refractivity contribution in [2.24, 2.45) is 0 Å². The molecule has 1 heterocycles. The highest BCUT2D eigenvalue weighted by Gasteiger charge is 2.13. The second-order valence-corrected chi connectivity index (χ2v) is 6.28. The molecule has 5 nitrogen and oxygen atoms in total. The van der Waals surface area contributed by atoms with Crippen molar-refractivity contribution in [1.82, 2.24) is 9.97 Å². The van der Waals surface area contributed by atoms with Crippen molar-refractivity contribution >= 4 is 56.6 Å². The minimum atomic E-state index is 0.165. The number of aromatic nitrogens is 2. The number of fused-ring (bicyclic) bond motifs is 1. The van der Waals surface area contributed by atoms with Crippen LogP contribution in [0.4, 0.5) is 11.5 Å². The van der Waals surface area contributed by atoms with Crippen molar-refractivity contribution < 1.29 is 9.47 Å². The molecular weight excluding hydrogens is 429 g/mol. The molecule has 0 bridgehead atoms. The van der Waals surface area contributed by atoms with Crippen molar-refractivity contribution in [1.29, 1.82) is 0 Å². The Labute approximate surface area is 152 Å². The Bertz CT molecular complexity index is 856. The molecule has 0 radical (unpaired) electrons. The quantitative estimate of drug-likeness (QED) is 0.472. The largest absolute Gasteiger partial charge is 0.493 e. The summed E-state index contributed by atoms with van der Waals surface area (Å²) in [5.41, 5.74) is 1.59. The van der Waals surface area contributed by atoms with Crippen LogP contribution in [0.3, 0.4) is 0 Å². The van der Waals surface area contributed by atoms with Crippen LogP contribution in [-0.2, 0) is 0 Å². The lowest BCUT2D eigenvalue weighted by molar-refractivity contribution is 0.356. The average molecular weight is 442 g/mol. The van der Waals surface area contributed by atoms with Gasteiger partial charge in [-0.25, -0.2) is 4.98 Å². The Morgan fingerprint density at radius 3 is 2.30 bits per heavy atom. The molecule has 118 valence electrons. The smallest absolute Gasteiger partial charge is 0.224 e. The van der Waals surface area contributed by atoms with Gasteiger partial charge in [0.15, 0.2) is 11.5 Å². The van der Waals surface area contributed by atoms with Gasteiger partial charge in [-0.15, -0.1) is 0 Å². The van der Waals surface area contributed by atoms with Crippen molar-refractivity contribution in [3.63, 3.8) is 0 Å². The van der Waals surface area contributed by atoms with Crippen molar-refractivity contribution in [2.75, 3.05) is 19.5 Å². The minimum Gasteiger partial charge on any atom is -0.493 e. The zero-order valence-electron chi connectivity index (χ0n) is 12.4. The molecular formula is C16H13ClIN3O2. The van der Waals surface area contributed by atoms with Crippen LogP contribution in [0.5, 0.6) is 11.5 Å². The van der Waals surface area contributed by atoms with Crippen LogP contribution >= 0.6 is 34.2 Å². The summed E-state index contributed by atoms with van der Waals surface area (Å²) in [7, 11) is 3.17. The molecule has 2 aromatic carbocycles. The molecule has 0 amide bonds. The maximum atomic E-state index is 6.05. The second-order valence-electron chi connectivity index (χ2n) is 4.70. The fraction of sp³-hybridized carbons (Fsp3) is 0.125. The Kier molecular flexibility index (Phi) is 4.72. The fourth-order valence-corrected chi connectivity index (χ4v) is 2.73. The van der Waals surface area contributed by atoms with Gasteiger partial charge in [-0.1, -0.05) is 0 Å². The predicted molar refractivity (Wildman–Crippen MR) is 100 cm³/mol. The maximum Gasteiger partial charge on any atom is 0.224 e. The van der Waals surface area contributed by atoms with Crippen molar-refractivity contribution in [3.8, 4) is 11.5 Å². The fourth-order valence-electron chi connectivity index (χ4n) is 2.19. The van der Waals surface area contributed by atoms with Crippen LogP contribution in [0, 0.1) is 3.57 Å². The number of anilines is 2. The van der Waals surface area contributed by atoms with E-state index in [4.69, 9.17) is 21.1 Å². The topological polar surface area (TPSA) is 56.3 Å². The summed E-state index contributed by atoms with van der Waals surface area (Å²) < 4.78 is 11.8. The Morgan fingerprint density at radius 2 is 1.65 bits per heavy atom. The van der Waals surface area contributed by atoms with E-state index in [1.165, 1.54) is 0 Å². The van der Waals surface area contributed by atoms with E-state index in [1.807, 2.05) is 30.3 Å². The van der Waals surface area contributed by atoms with Crippen LogP contribution in [0.2, 0.25) is 5.28 Å². The van der Waals surface area contributed by atoms with Gasteiger partial charge >= 0.3 is 0 Å². The molecule has 7 heteroatoms. The van der Waals surface area contributed by atoms with E-state index in [-0.39, 0.29) is 5.28 Å². The highest BCUT2D eigenvalue weighted by molar-refractivity contribution is 14.1. The number of ether oxygens (including phenoxy) is 2. The predicted octanol–water partition coefficient (Wildman–Crippen LogP) is 4.65. The van der Waals surface area contributed by atoms with Gasteiger partial charge in [0.2, 0.25) is 5.28 Å². The molecule has 1 N–H and O–H groups in total. The van der Waals surface area contributed by atoms with Gasteiger partial charge in [-0.05, 0) is 64.5 Å². The Hall–Kier alpha value is -1.80. The van der Waals surface area contributed by atoms with E-state index < -0.39 is 0 Å². The summed E-state index contributed by atoms with van der Waals surface area (Å²) in [5, 5.41) is 4.23. The number of nitrogens with one attached hydrogen (secondary N) is 1. The highest BCUT2D eigenvalue weighted by Crippen LogP contribution is 2.35. The number of halogens is 2. The zero-order chi connectivity index (χ0) is 16.4. The summed E-state index contributed by atoms with van der Waals surface area (Å²) in [5.74, 6) is 1.81. The van der Waals surface area contributed by atoms with Crippen LogP contribution < -0.4 is 14.8 Å². The molecule has 0 aliphatic heterocycles. The van der Waals surface area contributed by atoms with E-state index in [0.717, 1.165) is 14.6 Å². The molecule has 0 atom stereocenters. The molecule has 1 aromatic heterocycles. The van der Waals surface area contributed by atoms with E-state index in [9.17, 15) is 0 Å². The normalized spacial score (nSPS) is 10.6. The number of hydrogen-bond donors (Lipinski definition) is 1. The summed E-state index contributed by atoms with van der Waals surface area (Å²) >= 11 is 8.31. The van der Waals surface area contributed by atoms with Gasteiger partial charge in [0.25, 0.3) is 0 Å². The van der Waals surface area contributed by atoms with Crippen LogP contribution in [0.1, 0.15) is 0 Å². The van der Waals surface area contributed by atoms with Gasteiger partial charge < -0.3 is 14.8 Å². The van der Waals surface area contributed by atoms with Crippen molar-refractivity contribution in [2.45, 2.75) is 0 Å². The lowest BCUT2D eigenvalue weighted by atomic mass is 10.2. The first-order valence-electron chi connectivity index (χ1n) is 6.72. The lowest BCUT2D eigenvalue weighted by Gasteiger charge is -2.12. The standard InChI is InChI=1S/C16H13ClIN3O2/c1-22-13-7-11-12(8-14(13)23-2)20-16(17)21-15(11)19-10-5-3-9(18)4-6-10/h3-8H,1-2H3,(H,19,20,21). The Morgan fingerprint density at radius 1 is 1.00 bits per heavy atom. The number of nitrogens with zero attached hydrogens (tertiary/aromatic N) is 2. The van der Waals surface area contributed by atoms with Crippen LogP contribution in [0.15, 0.2) is 36.4 Å². The lowest BCUT2D eigenvalue weighted by Crippen LogP contribution is -1.99. The molecule has 3 rings (SSSR count). The third kappa shape index (κ3) is 3.42. The van der Waals surface area contributed by atoms with E-state index in [1.54, 1.807) is 20.3 Å². The summed E-state index contributed by atoms with van der Waals surface area (Å²) in [4.78, 5) is 8.55. The first-order valence-corrected chi connectivity index (χ1v) is 8.18. The van der Waals surface area contributed by atoms with Crippen LogP contribution in [0.25, 0.3) is 10.9 Å². The van der Waals surface area contributed by atoms with Crippen molar-refractivity contribution in [3.05, 3.63) is 45.3 Å². The molecule has 0 aliphatic rings. The average Bonchev–Trinajstić information content (AvgIpc) is 2.55. The summed E-state index contributed by atoms with van der Waals surface area (Å²) in [6.45, 7) is 0. The minimum absolute atomic E-state index is 0.165. The summed E-state index contributed by atoms with van der Waals surface area (Å²) in [6, 6.07) is 11.6. The number of hydrogen-bond acceptors (Lipinski definition) is 5. The van der Waals surface area contributed by atoms with Gasteiger partial charge in [-0.3, -0.25) is 0 Å². The first-order chi connectivity index (χ1) is 11.1. The SMILES string of the molecule is COc1cc2nc(Cl)nc(Nc3ccc(I)cc3)c2cc1OC. The molecule has 0 spiro atoms. The molecule has 23 heavy (non-hydrogen) atoms.